The van der Waals surface area contributed by atoms with Crippen LogP contribution in [0.4, 0.5) is 0 Å². The number of hydrogen-bond acceptors (Lipinski definition) is 4. The lowest BCUT2D eigenvalue weighted by Gasteiger charge is -1.99. The van der Waals surface area contributed by atoms with Gasteiger partial charge in [-0.1, -0.05) is 18.2 Å². The van der Waals surface area contributed by atoms with Crippen molar-refractivity contribution in [3.63, 3.8) is 0 Å². The number of esters is 1. The van der Waals surface area contributed by atoms with Crippen molar-refractivity contribution in [2.75, 3.05) is 6.61 Å². The highest BCUT2D eigenvalue weighted by Gasteiger charge is 2.15. The number of nitrogens with one attached hydrogen (secondary N) is 1. The number of fused-ring (bicyclic) bond motifs is 1. The van der Waals surface area contributed by atoms with Gasteiger partial charge in [0.15, 0.2) is 0 Å². The number of benzene rings is 1. The normalized spacial score (nSPS) is 11.5. The molecule has 0 aliphatic heterocycles. The van der Waals surface area contributed by atoms with E-state index in [1.54, 1.807) is 19.2 Å². The Bertz CT molecular complexity index is 654. The monoisotopic (exact) mass is 259 g/mol. The highest BCUT2D eigenvalue weighted by atomic mass is 16.5. The fourth-order valence-corrected chi connectivity index (χ4v) is 1.75. The number of para-hydroxylation sites is 1. The molecule has 0 saturated heterocycles. The van der Waals surface area contributed by atoms with Crippen molar-refractivity contribution in [3.8, 4) is 0 Å². The number of H-pyrrole nitrogens is 1. The van der Waals surface area contributed by atoms with Crippen LogP contribution in [0.15, 0.2) is 36.5 Å². The zero-order chi connectivity index (χ0) is 13.8. The molecule has 0 bridgehead atoms. The molecule has 5 heteroatoms. The lowest BCUT2D eigenvalue weighted by Crippen LogP contribution is -2.15. The Labute approximate surface area is 109 Å². The Hall–Kier alpha value is -2.56. The number of carbonyl (C=O) groups excluding carboxylic acids is 2. The van der Waals surface area contributed by atoms with E-state index in [4.69, 9.17) is 0 Å². The number of aromatic amines is 1. The average molecular weight is 259 g/mol. The summed E-state index contributed by atoms with van der Waals surface area (Å²) in [6.45, 7) is 1.72. The average Bonchev–Trinajstić information content (AvgIpc) is 2.82. The van der Waals surface area contributed by atoms with E-state index in [0.29, 0.717) is 5.56 Å². The maximum absolute atomic E-state index is 11.5. The highest BCUT2D eigenvalue weighted by molar-refractivity contribution is 6.39. The SMILES string of the molecule is CCOC(=O)C(=O)/C=C(\O)c1c[nH]c2ccccc12. The maximum Gasteiger partial charge on any atom is 0.379 e. The summed E-state index contributed by atoms with van der Waals surface area (Å²) in [7, 11) is 0. The largest absolute Gasteiger partial charge is 0.507 e. The molecule has 0 unspecified atom stereocenters. The van der Waals surface area contributed by atoms with E-state index < -0.39 is 11.8 Å². The van der Waals surface area contributed by atoms with E-state index in [0.717, 1.165) is 17.0 Å². The molecule has 0 aliphatic rings. The molecular weight excluding hydrogens is 246 g/mol. The molecule has 5 nitrogen and oxygen atoms in total. The Morgan fingerprint density at radius 2 is 2.11 bits per heavy atom. The fraction of sp³-hybridized carbons (Fsp3) is 0.143. The number of ketones is 1. The second-order valence-electron chi connectivity index (χ2n) is 3.86. The molecule has 1 aromatic carbocycles. The van der Waals surface area contributed by atoms with E-state index in [1.807, 2.05) is 18.2 Å². The van der Waals surface area contributed by atoms with Gasteiger partial charge in [0.1, 0.15) is 5.76 Å². The summed E-state index contributed by atoms with van der Waals surface area (Å²) in [5, 5.41) is 10.7. The Balaban J connectivity index is 2.31. The van der Waals surface area contributed by atoms with Crippen LogP contribution >= 0.6 is 0 Å². The molecule has 1 heterocycles. The first-order chi connectivity index (χ1) is 9.13. The number of aliphatic hydroxyl groups excluding tert-OH is 1. The summed E-state index contributed by atoms with van der Waals surface area (Å²) < 4.78 is 4.56. The highest BCUT2D eigenvalue weighted by Crippen LogP contribution is 2.23. The molecular formula is C14H13NO4. The molecule has 0 fully saturated rings. The second-order valence-corrected chi connectivity index (χ2v) is 3.86. The predicted octanol–water partition coefficient (Wildman–Crippen LogP) is 2.20. The lowest BCUT2D eigenvalue weighted by molar-refractivity contribution is -0.151. The minimum absolute atomic E-state index is 0.117. The van der Waals surface area contributed by atoms with Gasteiger partial charge in [0.05, 0.1) is 6.61 Å². The maximum atomic E-state index is 11.5. The summed E-state index contributed by atoms with van der Waals surface area (Å²) in [5.41, 5.74) is 1.30. The van der Waals surface area contributed by atoms with Gasteiger partial charge in [-0.05, 0) is 13.0 Å². The summed E-state index contributed by atoms with van der Waals surface area (Å²) in [6, 6.07) is 7.33. The van der Waals surface area contributed by atoms with Gasteiger partial charge in [-0.2, -0.15) is 0 Å². The lowest BCUT2D eigenvalue weighted by atomic mass is 10.1. The molecule has 0 atom stereocenters. The van der Waals surface area contributed by atoms with E-state index in [2.05, 4.69) is 9.72 Å². The predicted molar refractivity (Wildman–Crippen MR) is 70.5 cm³/mol. The smallest absolute Gasteiger partial charge is 0.379 e. The number of aliphatic hydroxyl groups is 1. The van der Waals surface area contributed by atoms with Crippen LogP contribution in [0.5, 0.6) is 0 Å². The van der Waals surface area contributed by atoms with Gasteiger partial charge in [-0.3, -0.25) is 4.79 Å². The summed E-state index contributed by atoms with van der Waals surface area (Å²) in [5.74, 6) is -2.13. The molecule has 0 aliphatic carbocycles. The van der Waals surface area contributed by atoms with Crippen LogP contribution in [0.1, 0.15) is 12.5 Å². The van der Waals surface area contributed by atoms with Crippen LogP contribution in [0.25, 0.3) is 16.7 Å². The summed E-state index contributed by atoms with van der Waals surface area (Å²) >= 11 is 0. The first-order valence-corrected chi connectivity index (χ1v) is 5.81. The van der Waals surface area contributed by atoms with Gasteiger partial charge in [-0.25, -0.2) is 4.79 Å². The third-order valence-corrected chi connectivity index (χ3v) is 2.61. The topological polar surface area (TPSA) is 79.4 Å². The molecule has 1 aromatic heterocycles. The first kappa shape index (κ1) is 12.9. The number of carbonyl (C=O) groups is 2. The van der Waals surface area contributed by atoms with Crippen molar-refractivity contribution in [2.45, 2.75) is 6.92 Å². The number of aromatic nitrogens is 1. The van der Waals surface area contributed by atoms with Crippen molar-refractivity contribution in [1.29, 1.82) is 0 Å². The van der Waals surface area contributed by atoms with Crippen LogP contribution in [0, 0.1) is 0 Å². The Morgan fingerprint density at radius 1 is 1.37 bits per heavy atom. The Morgan fingerprint density at radius 3 is 2.84 bits per heavy atom. The zero-order valence-electron chi connectivity index (χ0n) is 10.3. The molecule has 0 amide bonds. The number of hydrogen-bond donors (Lipinski definition) is 2. The third kappa shape index (κ3) is 2.65. The summed E-state index contributed by atoms with van der Waals surface area (Å²) in [6.07, 6.45) is 2.45. The van der Waals surface area contributed by atoms with E-state index in [9.17, 15) is 14.7 Å². The molecule has 2 rings (SSSR count). The van der Waals surface area contributed by atoms with Gasteiger partial charge >= 0.3 is 5.97 Å². The molecule has 0 spiro atoms. The van der Waals surface area contributed by atoms with Crippen LogP contribution in [-0.2, 0) is 14.3 Å². The van der Waals surface area contributed by atoms with Crippen molar-refractivity contribution in [2.24, 2.45) is 0 Å². The van der Waals surface area contributed by atoms with Gasteiger partial charge < -0.3 is 14.8 Å². The first-order valence-electron chi connectivity index (χ1n) is 5.81. The van der Waals surface area contributed by atoms with E-state index in [-0.39, 0.29) is 12.4 Å². The van der Waals surface area contributed by atoms with Gasteiger partial charge in [0, 0.05) is 28.7 Å². The number of ether oxygens (including phenoxy) is 1. The minimum atomic E-state index is -0.978. The van der Waals surface area contributed by atoms with Gasteiger partial charge in [0.2, 0.25) is 0 Å². The Kier molecular flexibility index (Phi) is 3.66. The van der Waals surface area contributed by atoms with Crippen LogP contribution in [0.2, 0.25) is 0 Å². The van der Waals surface area contributed by atoms with Crippen molar-refractivity contribution in [1.82, 2.24) is 4.98 Å². The van der Waals surface area contributed by atoms with Crippen LogP contribution < -0.4 is 0 Å². The molecule has 19 heavy (non-hydrogen) atoms. The number of rotatable bonds is 4. The zero-order valence-corrected chi connectivity index (χ0v) is 10.3. The van der Waals surface area contributed by atoms with Crippen molar-refractivity contribution >= 4 is 28.4 Å². The standard InChI is InChI=1S/C14H13NO4/c1-2-19-14(18)13(17)7-12(16)10-8-15-11-6-4-3-5-9(10)11/h3-8,15-16H,2H2,1H3/b12-7-. The molecule has 0 radical (unpaired) electrons. The van der Waals surface area contributed by atoms with Crippen LogP contribution in [-0.4, -0.2) is 28.4 Å². The molecule has 2 N–H and O–H groups in total. The third-order valence-electron chi connectivity index (χ3n) is 2.61. The van der Waals surface area contributed by atoms with Crippen LogP contribution in [0.3, 0.4) is 0 Å². The fourth-order valence-electron chi connectivity index (χ4n) is 1.75. The van der Waals surface area contributed by atoms with Gasteiger partial charge in [0.25, 0.3) is 5.78 Å². The second kappa shape index (κ2) is 5.39. The molecule has 0 saturated carbocycles. The van der Waals surface area contributed by atoms with Crippen molar-refractivity contribution in [3.05, 3.63) is 42.1 Å². The summed E-state index contributed by atoms with van der Waals surface area (Å²) in [4.78, 5) is 25.6. The van der Waals surface area contributed by atoms with Crippen molar-refractivity contribution < 1.29 is 19.4 Å². The minimum Gasteiger partial charge on any atom is -0.507 e. The van der Waals surface area contributed by atoms with E-state index in [1.165, 1.54) is 0 Å². The molecule has 98 valence electrons. The van der Waals surface area contributed by atoms with Gasteiger partial charge in [-0.15, -0.1) is 0 Å². The molecule has 2 aromatic rings. The quantitative estimate of drug-likeness (QED) is 0.382. The van der Waals surface area contributed by atoms with E-state index >= 15 is 0 Å².